The molecule has 0 radical (unpaired) electrons. The van der Waals surface area contributed by atoms with Crippen LogP contribution >= 0.6 is 11.8 Å². The number of allylic oxidation sites excluding steroid dienone is 1. The second-order valence-electron chi connectivity index (χ2n) is 8.87. The van der Waals surface area contributed by atoms with Crippen LogP contribution in [0.15, 0.2) is 46.9 Å². The summed E-state index contributed by atoms with van der Waals surface area (Å²) in [6, 6.07) is 9.79. The van der Waals surface area contributed by atoms with E-state index in [1.165, 1.54) is 11.8 Å². The van der Waals surface area contributed by atoms with E-state index in [1.807, 2.05) is 51.1 Å². The van der Waals surface area contributed by atoms with Crippen molar-refractivity contribution in [3.63, 3.8) is 0 Å². The molecule has 0 aliphatic heterocycles. The van der Waals surface area contributed by atoms with Gasteiger partial charge in [-0.3, -0.25) is 9.59 Å². The van der Waals surface area contributed by atoms with Crippen molar-refractivity contribution in [1.29, 1.82) is 0 Å². The molecular formula is C22H26O4S. The van der Waals surface area contributed by atoms with E-state index in [9.17, 15) is 19.8 Å². The molecule has 5 heteroatoms. The van der Waals surface area contributed by atoms with Crippen LogP contribution in [-0.4, -0.2) is 39.2 Å². The number of ketones is 2. The van der Waals surface area contributed by atoms with Crippen LogP contribution in [-0.2, 0) is 9.59 Å². The van der Waals surface area contributed by atoms with E-state index in [0.29, 0.717) is 12.2 Å². The van der Waals surface area contributed by atoms with E-state index in [4.69, 9.17) is 0 Å². The molecule has 0 bridgehead atoms. The van der Waals surface area contributed by atoms with Gasteiger partial charge >= 0.3 is 0 Å². The average molecular weight is 387 g/mol. The summed E-state index contributed by atoms with van der Waals surface area (Å²) in [5.74, 6) is -0.818. The maximum atomic E-state index is 13.6. The number of aliphatic hydroxyl groups is 2. The van der Waals surface area contributed by atoms with E-state index in [2.05, 4.69) is 0 Å². The molecule has 27 heavy (non-hydrogen) atoms. The van der Waals surface area contributed by atoms with Gasteiger partial charge in [0, 0.05) is 22.0 Å². The molecule has 6 atom stereocenters. The van der Waals surface area contributed by atoms with E-state index in [-0.39, 0.29) is 18.0 Å². The molecular weight excluding hydrogens is 360 g/mol. The Morgan fingerprint density at radius 2 is 1.81 bits per heavy atom. The van der Waals surface area contributed by atoms with Crippen LogP contribution in [0.2, 0.25) is 0 Å². The van der Waals surface area contributed by atoms with Crippen LogP contribution < -0.4 is 0 Å². The van der Waals surface area contributed by atoms with Crippen molar-refractivity contribution in [2.24, 2.45) is 22.7 Å². The molecule has 2 fully saturated rings. The highest BCUT2D eigenvalue weighted by Gasteiger charge is 2.74. The number of benzene rings is 1. The quantitative estimate of drug-likeness (QED) is 0.617. The molecule has 0 heterocycles. The van der Waals surface area contributed by atoms with Crippen molar-refractivity contribution in [3.05, 3.63) is 42.0 Å². The minimum atomic E-state index is -1.17. The SMILES string of the molecule is CC1=C[C@@H](O)C[C@H]2C(=O)[C@]3(C)CC(O)(CSc4ccccc4)C3C(=O)[C@@]12C. The van der Waals surface area contributed by atoms with Crippen LogP contribution in [0.25, 0.3) is 0 Å². The highest BCUT2D eigenvalue weighted by molar-refractivity contribution is 7.99. The highest BCUT2D eigenvalue weighted by atomic mass is 32.2. The van der Waals surface area contributed by atoms with Gasteiger partial charge in [0.25, 0.3) is 0 Å². The Hall–Kier alpha value is -1.43. The normalized spacial score (nSPS) is 43.4. The summed E-state index contributed by atoms with van der Waals surface area (Å²) in [4.78, 5) is 28.0. The molecule has 2 saturated carbocycles. The van der Waals surface area contributed by atoms with E-state index in [1.54, 1.807) is 6.08 Å². The maximum absolute atomic E-state index is 13.6. The molecule has 1 aromatic carbocycles. The fourth-order valence-electron chi connectivity index (χ4n) is 5.64. The predicted octanol–water partition coefficient (Wildman–Crippen LogP) is 3.02. The summed E-state index contributed by atoms with van der Waals surface area (Å²) in [5, 5.41) is 21.4. The zero-order valence-electron chi connectivity index (χ0n) is 15.9. The molecule has 2 N–H and O–H groups in total. The molecule has 0 spiro atoms. The first-order chi connectivity index (χ1) is 12.6. The largest absolute Gasteiger partial charge is 0.389 e. The van der Waals surface area contributed by atoms with E-state index in [0.717, 1.165) is 10.5 Å². The Labute approximate surface area is 164 Å². The smallest absolute Gasteiger partial charge is 0.150 e. The van der Waals surface area contributed by atoms with Gasteiger partial charge in [-0.05, 0) is 38.8 Å². The number of carbonyl (C=O) groups excluding carboxylic acids is 2. The third-order valence-electron chi connectivity index (χ3n) is 7.17. The Morgan fingerprint density at radius 3 is 2.48 bits per heavy atom. The third-order valence-corrected chi connectivity index (χ3v) is 8.42. The molecule has 4 rings (SSSR count). The second-order valence-corrected chi connectivity index (χ2v) is 9.92. The first kappa shape index (κ1) is 18.9. The lowest BCUT2D eigenvalue weighted by atomic mass is 9.38. The highest BCUT2D eigenvalue weighted by Crippen LogP contribution is 2.65. The van der Waals surface area contributed by atoms with Gasteiger partial charge in [0.05, 0.1) is 23.0 Å². The van der Waals surface area contributed by atoms with E-state index < -0.39 is 34.4 Å². The molecule has 4 nitrogen and oxygen atoms in total. The fraction of sp³-hybridized carbons (Fsp3) is 0.545. The molecule has 1 aromatic rings. The number of fused-ring (bicyclic) bond motifs is 2. The average Bonchev–Trinajstić information content (AvgIpc) is 2.61. The van der Waals surface area contributed by atoms with Gasteiger partial charge in [0.1, 0.15) is 11.6 Å². The Bertz CT molecular complexity index is 834. The third kappa shape index (κ3) is 2.51. The number of aliphatic hydroxyl groups excluding tert-OH is 1. The zero-order chi connectivity index (χ0) is 19.6. The number of carbonyl (C=O) groups is 2. The van der Waals surface area contributed by atoms with Crippen molar-refractivity contribution in [2.75, 3.05) is 5.75 Å². The van der Waals surface area contributed by atoms with Crippen molar-refractivity contribution in [2.45, 2.75) is 50.2 Å². The van der Waals surface area contributed by atoms with Gasteiger partial charge in [0.15, 0.2) is 0 Å². The van der Waals surface area contributed by atoms with Crippen molar-refractivity contribution >= 4 is 23.3 Å². The minimum Gasteiger partial charge on any atom is -0.389 e. The summed E-state index contributed by atoms with van der Waals surface area (Å²) in [6.45, 7) is 5.46. The number of Topliss-reactive ketones (excluding diaryl/α,β-unsaturated/α-hetero) is 2. The van der Waals surface area contributed by atoms with Crippen LogP contribution in [0.5, 0.6) is 0 Å². The van der Waals surface area contributed by atoms with Gasteiger partial charge in [-0.2, -0.15) is 0 Å². The molecule has 0 aromatic heterocycles. The zero-order valence-corrected chi connectivity index (χ0v) is 16.8. The molecule has 144 valence electrons. The van der Waals surface area contributed by atoms with Crippen molar-refractivity contribution in [1.82, 2.24) is 0 Å². The second kappa shape index (κ2) is 6.03. The summed E-state index contributed by atoms with van der Waals surface area (Å²) >= 11 is 1.52. The maximum Gasteiger partial charge on any atom is 0.150 e. The summed E-state index contributed by atoms with van der Waals surface area (Å²) in [7, 11) is 0. The topological polar surface area (TPSA) is 74.6 Å². The predicted molar refractivity (Wildman–Crippen MR) is 104 cm³/mol. The summed E-state index contributed by atoms with van der Waals surface area (Å²) in [5.41, 5.74) is -2.18. The first-order valence-electron chi connectivity index (χ1n) is 9.49. The minimum absolute atomic E-state index is 0.0236. The van der Waals surface area contributed by atoms with Gasteiger partial charge in [-0.25, -0.2) is 0 Å². The molecule has 0 amide bonds. The first-order valence-corrected chi connectivity index (χ1v) is 10.5. The van der Waals surface area contributed by atoms with Gasteiger partial charge in [0.2, 0.25) is 0 Å². The van der Waals surface area contributed by atoms with Gasteiger partial charge in [-0.1, -0.05) is 36.8 Å². The van der Waals surface area contributed by atoms with Crippen LogP contribution in [0.1, 0.15) is 33.6 Å². The lowest BCUT2D eigenvalue weighted by Gasteiger charge is -2.64. The van der Waals surface area contributed by atoms with Crippen LogP contribution in [0.4, 0.5) is 0 Å². The lowest BCUT2D eigenvalue weighted by molar-refractivity contribution is -0.210. The van der Waals surface area contributed by atoms with Gasteiger partial charge in [-0.15, -0.1) is 11.8 Å². The number of hydrogen-bond acceptors (Lipinski definition) is 5. The monoisotopic (exact) mass is 386 g/mol. The lowest BCUT2D eigenvalue weighted by Crippen LogP contribution is -2.75. The Balaban J connectivity index is 1.66. The van der Waals surface area contributed by atoms with Crippen molar-refractivity contribution in [3.8, 4) is 0 Å². The molecule has 3 aliphatic rings. The van der Waals surface area contributed by atoms with Crippen molar-refractivity contribution < 1.29 is 19.8 Å². The van der Waals surface area contributed by atoms with Crippen LogP contribution in [0.3, 0.4) is 0 Å². The van der Waals surface area contributed by atoms with Crippen LogP contribution in [0, 0.1) is 22.7 Å². The standard InChI is InChI=1S/C22H26O4S/c1-13-9-14(23)10-16-18(24)20(2)11-22(26,17(20)19(25)21(13,16)3)12-27-15-7-5-4-6-8-15/h4-9,14,16-17,23,26H,10-12H2,1-3H3/t14-,16+,17?,20-,21+,22?/m1/s1. The fourth-order valence-corrected chi connectivity index (χ4v) is 6.67. The van der Waals surface area contributed by atoms with E-state index >= 15 is 0 Å². The molecule has 0 saturated heterocycles. The number of thioether (sulfide) groups is 1. The number of hydrogen-bond donors (Lipinski definition) is 2. The molecule has 3 aliphatic carbocycles. The summed E-state index contributed by atoms with van der Waals surface area (Å²) < 4.78 is 0. The Kier molecular flexibility index (Phi) is 4.22. The number of rotatable bonds is 3. The summed E-state index contributed by atoms with van der Waals surface area (Å²) in [6.07, 6.45) is 1.60. The molecule has 2 unspecified atom stereocenters. The van der Waals surface area contributed by atoms with Gasteiger partial charge < -0.3 is 10.2 Å². The Morgan fingerprint density at radius 1 is 1.15 bits per heavy atom.